The molecule has 0 aliphatic heterocycles. The van der Waals surface area contributed by atoms with Crippen molar-refractivity contribution >= 4 is 29.1 Å². The molecule has 88 valence electrons. The fraction of sp³-hybridized carbons (Fsp3) is 0.364. The summed E-state index contributed by atoms with van der Waals surface area (Å²) >= 11 is 11.6. The van der Waals surface area contributed by atoms with Crippen molar-refractivity contribution in [3.05, 3.63) is 33.8 Å². The first-order valence-corrected chi connectivity index (χ1v) is 5.58. The highest BCUT2D eigenvalue weighted by Gasteiger charge is 2.04. The molecule has 1 rings (SSSR count). The van der Waals surface area contributed by atoms with E-state index in [0.717, 1.165) is 5.56 Å². The van der Waals surface area contributed by atoms with Crippen LogP contribution in [-0.4, -0.2) is 26.2 Å². The molecule has 5 heteroatoms. The summed E-state index contributed by atoms with van der Waals surface area (Å²) in [4.78, 5) is 11.5. The lowest BCUT2D eigenvalue weighted by Gasteiger charge is -2.05. The van der Waals surface area contributed by atoms with Crippen LogP contribution in [0, 0.1) is 0 Å². The Morgan fingerprint density at radius 3 is 2.50 bits per heavy atom. The zero-order chi connectivity index (χ0) is 12.0. The van der Waals surface area contributed by atoms with Gasteiger partial charge >= 0.3 is 0 Å². The number of methoxy groups -OCH3 is 1. The van der Waals surface area contributed by atoms with Gasteiger partial charge in [0.05, 0.1) is 13.0 Å². The van der Waals surface area contributed by atoms with E-state index in [2.05, 4.69) is 5.32 Å². The van der Waals surface area contributed by atoms with E-state index >= 15 is 0 Å². The molecule has 0 unspecified atom stereocenters. The molecule has 0 saturated carbocycles. The summed E-state index contributed by atoms with van der Waals surface area (Å²) in [6, 6.07) is 5.09. The number of hydrogen-bond acceptors (Lipinski definition) is 2. The average Bonchev–Trinajstić information content (AvgIpc) is 2.16. The van der Waals surface area contributed by atoms with E-state index in [-0.39, 0.29) is 12.3 Å². The molecule has 0 saturated heterocycles. The summed E-state index contributed by atoms with van der Waals surface area (Å²) in [6.45, 7) is 1.01. The molecule has 0 radical (unpaired) electrons. The third kappa shape index (κ3) is 4.84. The van der Waals surface area contributed by atoms with E-state index in [1.54, 1.807) is 25.3 Å². The second-order valence-corrected chi connectivity index (χ2v) is 4.17. The lowest BCUT2D eigenvalue weighted by atomic mass is 10.1. The Bertz CT molecular complexity index is 349. The first-order chi connectivity index (χ1) is 7.61. The number of carbonyl (C=O) groups excluding carboxylic acids is 1. The number of benzene rings is 1. The summed E-state index contributed by atoms with van der Waals surface area (Å²) in [7, 11) is 1.59. The first-order valence-electron chi connectivity index (χ1n) is 4.82. The van der Waals surface area contributed by atoms with Crippen LogP contribution >= 0.6 is 23.2 Å². The van der Waals surface area contributed by atoms with E-state index in [1.807, 2.05) is 0 Å². The molecule has 0 atom stereocenters. The molecule has 1 aromatic carbocycles. The second kappa shape index (κ2) is 6.74. The fourth-order valence-electron chi connectivity index (χ4n) is 1.25. The van der Waals surface area contributed by atoms with E-state index < -0.39 is 0 Å². The van der Waals surface area contributed by atoms with Crippen LogP contribution in [0.25, 0.3) is 0 Å². The molecule has 3 nitrogen and oxygen atoms in total. The molecule has 1 N–H and O–H groups in total. The van der Waals surface area contributed by atoms with Crippen LogP contribution in [-0.2, 0) is 16.0 Å². The summed E-state index contributed by atoms with van der Waals surface area (Å²) < 4.78 is 4.82. The molecule has 0 aliphatic rings. The van der Waals surface area contributed by atoms with Crippen molar-refractivity contribution in [3.8, 4) is 0 Å². The van der Waals surface area contributed by atoms with Crippen molar-refractivity contribution in [3.63, 3.8) is 0 Å². The maximum Gasteiger partial charge on any atom is 0.224 e. The smallest absolute Gasteiger partial charge is 0.224 e. The van der Waals surface area contributed by atoms with Gasteiger partial charge in [-0.25, -0.2) is 0 Å². The Morgan fingerprint density at radius 2 is 1.94 bits per heavy atom. The maximum atomic E-state index is 11.5. The summed E-state index contributed by atoms with van der Waals surface area (Å²) in [5, 5.41) is 3.79. The van der Waals surface area contributed by atoms with Crippen molar-refractivity contribution < 1.29 is 9.53 Å². The predicted octanol–water partition coefficient (Wildman–Crippen LogP) is 2.30. The van der Waals surface area contributed by atoms with Crippen LogP contribution in [0.4, 0.5) is 0 Å². The topological polar surface area (TPSA) is 38.3 Å². The number of rotatable bonds is 5. The lowest BCUT2D eigenvalue weighted by molar-refractivity contribution is -0.120. The molecule has 0 aromatic heterocycles. The maximum absolute atomic E-state index is 11.5. The minimum Gasteiger partial charge on any atom is -0.383 e. The number of nitrogens with one attached hydrogen (secondary N) is 1. The second-order valence-electron chi connectivity index (χ2n) is 3.30. The molecular weight excluding hydrogens is 249 g/mol. The molecule has 0 spiro atoms. The molecular formula is C11H13Cl2NO2. The highest BCUT2D eigenvalue weighted by atomic mass is 35.5. The third-order valence-electron chi connectivity index (χ3n) is 1.92. The van der Waals surface area contributed by atoms with Gasteiger partial charge in [0, 0.05) is 23.7 Å². The van der Waals surface area contributed by atoms with Crippen molar-refractivity contribution in [2.75, 3.05) is 20.3 Å². The molecule has 16 heavy (non-hydrogen) atoms. The molecule has 0 bridgehead atoms. The van der Waals surface area contributed by atoms with Gasteiger partial charge in [0.15, 0.2) is 0 Å². The summed E-state index contributed by atoms with van der Waals surface area (Å²) in [5.41, 5.74) is 0.799. The van der Waals surface area contributed by atoms with E-state index in [0.29, 0.717) is 23.2 Å². The van der Waals surface area contributed by atoms with Crippen molar-refractivity contribution in [1.82, 2.24) is 5.32 Å². The largest absolute Gasteiger partial charge is 0.383 e. The minimum absolute atomic E-state index is 0.0737. The highest BCUT2D eigenvalue weighted by Crippen LogP contribution is 2.19. The monoisotopic (exact) mass is 261 g/mol. The number of hydrogen-bond donors (Lipinski definition) is 1. The van der Waals surface area contributed by atoms with Crippen LogP contribution in [0.15, 0.2) is 18.2 Å². The van der Waals surface area contributed by atoms with Gasteiger partial charge in [-0.15, -0.1) is 0 Å². The molecule has 0 fully saturated rings. The van der Waals surface area contributed by atoms with Crippen molar-refractivity contribution in [1.29, 1.82) is 0 Å². The van der Waals surface area contributed by atoms with Crippen molar-refractivity contribution in [2.24, 2.45) is 0 Å². The minimum atomic E-state index is -0.0737. The number of amides is 1. The van der Waals surface area contributed by atoms with Gasteiger partial charge in [0.1, 0.15) is 0 Å². The normalized spacial score (nSPS) is 10.2. The Hall–Kier alpha value is -0.770. The predicted molar refractivity (Wildman–Crippen MR) is 65.1 cm³/mol. The van der Waals surface area contributed by atoms with Crippen molar-refractivity contribution in [2.45, 2.75) is 6.42 Å². The molecule has 0 heterocycles. The van der Waals surface area contributed by atoms with Crippen LogP contribution in [0.5, 0.6) is 0 Å². The third-order valence-corrected chi connectivity index (χ3v) is 2.35. The molecule has 0 aliphatic carbocycles. The molecule has 1 amide bonds. The van der Waals surface area contributed by atoms with Crippen LogP contribution in [0.3, 0.4) is 0 Å². The zero-order valence-corrected chi connectivity index (χ0v) is 10.4. The van der Waals surface area contributed by atoms with Gasteiger partial charge in [-0.3, -0.25) is 4.79 Å². The van der Waals surface area contributed by atoms with Crippen LogP contribution < -0.4 is 5.32 Å². The standard InChI is InChI=1S/C11H13Cl2NO2/c1-16-3-2-14-11(15)6-8-4-9(12)7-10(13)5-8/h4-5,7H,2-3,6H2,1H3,(H,14,15). The van der Waals surface area contributed by atoms with E-state index in [9.17, 15) is 4.79 Å². The SMILES string of the molecule is COCCNC(=O)Cc1cc(Cl)cc(Cl)c1. The number of ether oxygens (including phenoxy) is 1. The van der Waals surface area contributed by atoms with Gasteiger partial charge in [-0.05, 0) is 23.8 Å². The Balaban J connectivity index is 2.49. The van der Waals surface area contributed by atoms with Gasteiger partial charge in [-0.2, -0.15) is 0 Å². The summed E-state index contributed by atoms with van der Waals surface area (Å²) in [6.07, 6.45) is 0.268. The van der Waals surface area contributed by atoms with Gasteiger partial charge in [0.2, 0.25) is 5.91 Å². The first kappa shape index (κ1) is 13.3. The van der Waals surface area contributed by atoms with E-state index in [4.69, 9.17) is 27.9 Å². The summed E-state index contributed by atoms with van der Waals surface area (Å²) in [5.74, 6) is -0.0737. The Labute approximate surface area is 105 Å². The number of carbonyl (C=O) groups is 1. The van der Waals surface area contributed by atoms with Gasteiger partial charge < -0.3 is 10.1 Å². The van der Waals surface area contributed by atoms with Crippen LogP contribution in [0.1, 0.15) is 5.56 Å². The number of halogens is 2. The van der Waals surface area contributed by atoms with Gasteiger partial charge in [0.25, 0.3) is 0 Å². The fourth-order valence-corrected chi connectivity index (χ4v) is 1.82. The Kier molecular flexibility index (Phi) is 5.60. The average molecular weight is 262 g/mol. The Morgan fingerprint density at radius 1 is 1.31 bits per heavy atom. The van der Waals surface area contributed by atoms with Crippen LogP contribution in [0.2, 0.25) is 10.0 Å². The lowest BCUT2D eigenvalue weighted by Crippen LogP contribution is -2.28. The van der Waals surface area contributed by atoms with Gasteiger partial charge in [-0.1, -0.05) is 23.2 Å². The zero-order valence-electron chi connectivity index (χ0n) is 8.93. The molecule has 1 aromatic rings. The quantitative estimate of drug-likeness (QED) is 0.827. The highest BCUT2D eigenvalue weighted by molar-refractivity contribution is 6.34. The van der Waals surface area contributed by atoms with E-state index in [1.165, 1.54) is 0 Å².